The molecule has 2 amide bonds. The van der Waals surface area contributed by atoms with Crippen LogP contribution in [0.5, 0.6) is 0 Å². The first-order valence-electron chi connectivity index (χ1n) is 17.7. The van der Waals surface area contributed by atoms with Crippen molar-refractivity contribution in [2.75, 3.05) is 59.2 Å². The van der Waals surface area contributed by atoms with E-state index >= 15 is 0 Å². The number of nitrogens with one attached hydrogen (secondary N) is 1. The molecule has 47 heavy (non-hydrogen) atoms. The summed E-state index contributed by atoms with van der Waals surface area (Å²) in [7, 11) is 0. The van der Waals surface area contributed by atoms with Crippen LogP contribution in [0.4, 0.5) is 0 Å². The van der Waals surface area contributed by atoms with Crippen LogP contribution in [-0.2, 0) is 30.9 Å². The third kappa shape index (κ3) is 5.84. The highest BCUT2D eigenvalue weighted by Crippen LogP contribution is 2.44. The Labute approximate surface area is 282 Å². The lowest BCUT2D eigenvalue weighted by atomic mass is 9.88. The third-order valence-corrected chi connectivity index (χ3v) is 13.0. The highest BCUT2D eigenvalue weighted by Gasteiger charge is 2.47. The highest BCUT2D eigenvalue weighted by atomic mass is 32.1. The summed E-state index contributed by atoms with van der Waals surface area (Å²) in [5.74, 6) is 0.480. The smallest absolute Gasteiger partial charge is 0.236 e. The van der Waals surface area contributed by atoms with Crippen LogP contribution < -0.4 is 0 Å². The van der Waals surface area contributed by atoms with Crippen molar-refractivity contribution in [3.8, 4) is 11.3 Å². The third-order valence-electron chi connectivity index (χ3n) is 11.6. The molecule has 3 aromatic rings. The zero-order valence-electron chi connectivity index (χ0n) is 28.3. The highest BCUT2D eigenvalue weighted by molar-refractivity contribution is 7.19. The molecular weight excluding hydrogens is 611 g/mol. The second-order valence-electron chi connectivity index (χ2n) is 15.2. The molecule has 8 rings (SSSR count). The van der Waals surface area contributed by atoms with Crippen molar-refractivity contribution in [3.63, 3.8) is 0 Å². The molecule has 5 aliphatic rings. The summed E-state index contributed by atoms with van der Waals surface area (Å²) in [5, 5.41) is 1.26. The van der Waals surface area contributed by atoms with Crippen molar-refractivity contribution in [3.05, 3.63) is 45.8 Å². The molecule has 1 N–H and O–H groups in total. The number of nitrogens with zero attached hydrogens (tertiary/aromatic N) is 4. The second-order valence-corrected chi connectivity index (χ2v) is 16.3. The Morgan fingerprint density at radius 3 is 2.15 bits per heavy atom. The number of carbonyl (C=O) groups excluding carboxylic acids is 2. The van der Waals surface area contributed by atoms with Gasteiger partial charge in [-0.1, -0.05) is 17.2 Å². The van der Waals surface area contributed by atoms with Gasteiger partial charge in [0.25, 0.3) is 0 Å². The Balaban J connectivity index is 0.975. The van der Waals surface area contributed by atoms with Gasteiger partial charge in [-0.25, -0.2) is 0 Å². The molecule has 0 aliphatic carbocycles. The van der Waals surface area contributed by atoms with E-state index in [0.29, 0.717) is 44.4 Å². The van der Waals surface area contributed by atoms with Crippen LogP contribution >= 0.6 is 11.3 Å². The van der Waals surface area contributed by atoms with E-state index in [1.165, 1.54) is 38.2 Å². The molecule has 0 saturated carbocycles. The average Bonchev–Trinajstić information content (AvgIpc) is 3.88. The molecule has 7 heterocycles. The maximum atomic E-state index is 14.0. The van der Waals surface area contributed by atoms with Crippen molar-refractivity contribution in [2.45, 2.75) is 89.5 Å². The number of thiophene rings is 1. The van der Waals surface area contributed by atoms with Crippen LogP contribution in [0.25, 0.3) is 21.5 Å². The molecule has 5 aliphatic heterocycles. The molecule has 0 radical (unpaired) electrons. The average molecular weight is 660 g/mol. The van der Waals surface area contributed by atoms with Crippen LogP contribution in [0.1, 0.15) is 61.1 Å². The van der Waals surface area contributed by atoms with E-state index < -0.39 is 5.41 Å². The number of carbonyl (C=O) groups is 2. The number of ether oxygens (including phenoxy) is 2. The van der Waals surface area contributed by atoms with Gasteiger partial charge in [0.1, 0.15) is 23.8 Å². The SMILES string of the molecule is Cc1cc(C)cc(-c2[nH]c3sc(C(C)(C)C(=O)N4C5CCC4CC5)cc3c2CCN2CCN(CC(=O)N3C[C@@H]4OCO[C@@H]4C3)CC2)c1. The number of benzene rings is 1. The van der Waals surface area contributed by atoms with Gasteiger partial charge < -0.3 is 29.2 Å². The van der Waals surface area contributed by atoms with Crippen LogP contribution in [0.15, 0.2) is 24.3 Å². The molecule has 5 saturated heterocycles. The molecule has 9 nitrogen and oxygen atoms in total. The van der Waals surface area contributed by atoms with Gasteiger partial charge >= 0.3 is 0 Å². The van der Waals surface area contributed by atoms with Crippen LogP contribution in [0.2, 0.25) is 0 Å². The summed E-state index contributed by atoms with van der Waals surface area (Å²) >= 11 is 1.76. The number of aromatic nitrogens is 1. The van der Waals surface area contributed by atoms with E-state index in [9.17, 15) is 9.59 Å². The van der Waals surface area contributed by atoms with Gasteiger partial charge in [-0.2, -0.15) is 0 Å². The minimum absolute atomic E-state index is 0.0374. The molecule has 10 heteroatoms. The summed E-state index contributed by atoms with van der Waals surface area (Å²) in [6, 6.07) is 9.99. The summed E-state index contributed by atoms with van der Waals surface area (Å²) in [6.07, 6.45) is 5.65. The topological polar surface area (TPSA) is 81.4 Å². The van der Waals surface area contributed by atoms with Crippen LogP contribution in [-0.4, -0.2) is 120 Å². The summed E-state index contributed by atoms with van der Waals surface area (Å²) in [4.78, 5) is 42.1. The Kier molecular flexibility index (Phi) is 8.24. The van der Waals surface area contributed by atoms with Crippen LogP contribution in [0, 0.1) is 13.8 Å². The molecule has 252 valence electrons. The lowest BCUT2D eigenvalue weighted by molar-refractivity contribution is -0.137. The van der Waals surface area contributed by atoms with E-state index in [2.05, 4.69) is 71.6 Å². The van der Waals surface area contributed by atoms with Gasteiger partial charge in [-0.05, 0) is 89.1 Å². The van der Waals surface area contributed by atoms with Crippen molar-refractivity contribution in [1.82, 2.24) is 24.6 Å². The van der Waals surface area contributed by atoms with E-state index in [0.717, 1.165) is 69.7 Å². The number of hydrogen-bond donors (Lipinski definition) is 1. The van der Waals surface area contributed by atoms with Crippen molar-refractivity contribution >= 4 is 33.4 Å². The fourth-order valence-corrected chi connectivity index (χ4v) is 10.0. The van der Waals surface area contributed by atoms with E-state index in [1.54, 1.807) is 11.3 Å². The van der Waals surface area contributed by atoms with Gasteiger partial charge in [0.2, 0.25) is 11.8 Å². The molecule has 0 spiro atoms. The lowest BCUT2D eigenvalue weighted by Crippen LogP contribution is -2.50. The van der Waals surface area contributed by atoms with Crippen LogP contribution in [0.3, 0.4) is 0 Å². The predicted octanol–water partition coefficient (Wildman–Crippen LogP) is 4.69. The normalized spacial score (nSPS) is 26.6. The van der Waals surface area contributed by atoms with E-state index in [1.807, 2.05) is 4.90 Å². The summed E-state index contributed by atoms with van der Waals surface area (Å²) < 4.78 is 11.2. The Bertz CT molecular complexity index is 1620. The standard InChI is InChI=1S/C37H49N5O4S/c1-23-15-24(2)17-25(16-23)34-28(9-10-39-11-13-40(14-12-39)21-33(43)41-19-30-31(20-41)46-22-45-30)29-18-32(47-35(29)38-34)37(3,4)36(44)42-26-5-6-27(42)8-7-26/h15-18,26-27,30-31,38H,5-14,19-22H2,1-4H3/t26?,27?,30-,31+. The Morgan fingerprint density at radius 2 is 1.51 bits per heavy atom. The van der Waals surface area contributed by atoms with Crippen molar-refractivity contribution in [2.24, 2.45) is 0 Å². The van der Waals surface area contributed by atoms with E-state index in [-0.39, 0.29) is 18.1 Å². The molecule has 2 bridgehead atoms. The number of hydrogen-bond acceptors (Lipinski definition) is 7. The fourth-order valence-electron chi connectivity index (χ4n) is 8.85. The maximum Gasteiger partial charge on any atom is 0.236 e. The molecular formula is C37H49N5O4S. The molecule has 0 unspecified atom stereocenters. The zero-order chi connectivity index (χ0) is 32.4. The minimum Gasteiger partial charge on any atom is -0.348 e. The predicted molar refractivity (Wildman–Crippen MR) is 185 cm³/mol. The second kappa shape index (κ2) is 12.3. The summed E-state index contributed by atoms with van der Waals surface area (Å²) in [6.45, 7) is 15.3. The van der Waals surface area contributed by atoms with Crippen molar-refractivity contribution < 1.29 is 19.1 Å². The monoisotopic (exact) mass is 659 g/mol. The first-order chi connectivity index (χ1) is 22.6. The number of likely N-dealkylation sites (tertiary alicyclic amines) is 1. The first-order valence-corrected chi connectivity index (χ1v) is 18.5. The largest absolute Gasteiger partial charge is 0.348 e. The Morgan fingerprint density at radius 1 is 0.894 bits per heavy atom. The number of aryl methyl sites for hydroxylation is 2. The zero-order valence-corrected chi connectivity index (χ0v) is 29.2. The number of fused-ring (bicyclic) bond motifs is 4. The molecule has 2 atom stereocenters. The van der Waals surface area contributed by atoms with Gasteiger partial charge in [0, 0.05) is 68.2 Å². The number of H-pyrrole nitrogens is 1. The molecule has 2 aromatic heterocycles. The minimum atomic E-state index is -0.547. The van der Waals surface area contributed by atoms with Gasteiger partial charge in [0.05, 0.1) is 17.7 Å². The first kappa shape index (κ1) is 31.5. The fraction of sp³-hybridized carbons (Fsp3) is 0.622. The number of amides is 2. The quantitative estimate of drug-likeness (QED) is 0.378. The summed E-state index contributed by atoms with van der Waals surface area (Å²) in [5.41, 5.74) is 5.77. The van der Waals surface area contributed by atoms with Gasteiger partial charge in [-0.3, -0.25) is 14.5 Å². The van der Waals surface area contributed by atoms with Crippen molar-refractivity contribution in [1.29, 1.82) is 0 Å². The number of aromatic amines is 1. The molecule has 5 fully saturated rings. The van der Waals surface area contributed by atoms with E-state index in [4.69, 9.17) is 9.47 Å². The maximum absolute atomic E-state index is 14.0. The lowest BCUT2D eigenvalue weighted by Gasteiger charge is -2.35. The van der Waals surface area contributed by atoms with Gasteiger partial charge in [-0.15, -0.1) is 11.3 Å². The number of rotatable bonds is 8. The Hall–Kier alpha value is -2.76. The van der Waals surface area contributed by atoms with Gasteiger partial charge in [0.15, 0.2) is 0 Å². The molecule has 1 aromatic carbocycles. The number of piperazine rings is 1.